The van der Waals surface area contributed by atoms with Crippen molar-refractivity contribution in [3.63, 3.8) is 0 Å². The van der Waals surface area contributed by atoms with Crippen molar-refractivity contribution < 1.29 is 19.9 Å². The zero-order valence-electron chi connectivity index (χ0n) is 22.2. The summed E-state index contributed by atoms with van der Waals surface area (Å²) in [6, 6.07) is 2.25. The molecule has 0 aliphatic carbocycles. The SMILES string of the molecule is [2H]C[C@H]1O[C@@H](n2cc(/C=C/C(=O)NCCN)c(=O)[nH]c2=O)CC1OP(OCCC#N)N(C(C)C)C(C)C. The number of ether oxygens (including phenoxy) is 1. The molecule has 1 aromatic heterocycles. The topological polar surface area (TPSA) is 165 Å². The van der Waals surface area contributed by atoms with Gasteiger partial charge in [0, 0.05) is 45.2 Å². The molecule has 1 saturated heterocycles. The number of carbonyl (C=O) groups excluding carboxylic acids is 1. The van der Waals surface area contributed by atoms with Crippen molar-refractivity contribution in [2.75, 3.05) is 19.7 Å². The molecule has 200 valence electrons. The van der Waals surface area contributed by atoms with Gasteiger partial charge in [0.1, 0.15) is 6.23 Å². The Kier molecular flexibility index (Phi) is 11.3. The highest BCUT2D eigenvalue weighted by atomic mass is 31.2. The van der Waals surface area contributed by atoms with Crippen LogP contribution in [0.4, 0.5) is 0 Å². The fourth-order valence-corrected chi connectivity index (χ4v) is 5.41. The minimum Gasteiger partial charge on any atom is -0.352 e. The number of nitrogens with zero attached hydrogens (tertiary/aromatic N) is 3. The molecular formula is C23H37N6O6P. The molecule has 0 bridgehead atoms. The summed E-state index contributed by atoms with van der Waals surface area (Å²) in [5, 5.41) is 11.5. The molecule has 0 spiro atoms. The average molecular weight is 526 g/mol. The van der Waals surface area contributed by atoms with Gasteiger partial charge < -0.3 is 24.8 Å². The fourth-order valence-electron chi connectivity index (χ4n) is 3.65. The van der Waals surface area contributed by atoms with Crippen LogP contribution in [-0.2, 0) is 18.6 Å². The van der Waals surface area contributed by atoms with Gasteiger partial charge in [-0.15, -0.1) is 0 Å². The van der Waals surface area contributed by atoms with Crippen LogP contribution < -0.4 is 22.3 Å². The van der Waals surface area contributed by atoms with Gasteiger partial charge in [0.25, 0.3) is 14.1 Å². The number of nitriles is 1. The van der Waals surface area contributed by atoms with Crippen LogP contribution in [0.2, 0.25) is 0 Å². The number of hydrogen-bond acceptors (Lipinski definition) is 9. The van der Waals surface area contributed by atoms with Gasteiger partial charge >= 0.3 is 5.69 Å². The molecule has 2 unspecified atom stereocenters. The van der Waals surface area contributed by atoms with E-state index in [0.29, 0.717) is 6.54 Å². The van der Waals surface area contributed by atoms with Gasteiger partial charge in [-0.25, -0.2) is 9.46 Å². The highest BCUT2D eigenvalue weighted by Gasteiger charge is 2.39. The Hall–Kier alpha value is -2.39. The molecule has 1 amide bonds. The van der Waals surface area contributed by atoms with E-state index in [9.17, 15) is 14.4 Å². The first kappa shape index (κ1) is 28.2. The second-order valence-electron chi connectivity index (χ2n) is 8.72. The van der Waals surface area contributed by atoms with Crippen LogP contribution in [0.1, 0.15) is 60.6 Å². The Labute approximate surface area is 213 Å². The van der Waals surface area contributed by atoms with Crippen molar-refractivity contribution >= 4 is 20.5 Å². The summed E-state index contributed by atoms with van der Waals surface area (Å²) in [6.45, 7) is 8.75. The third kappa shape index (κ3) is 8.34. The first-order valence-electron chi connectivity index (χ1n) is 12.5. The smallest absolute Gasteiger partial charge is 0.330 e. The van der Waals surface area contributed by atoms with Crippen LogP contribution in [-0.4, -0.2) is 64.1 Å². The summed E-state index contributed by atoms with van der Waals surface area (Å²) in [5.41, 5.74) is 4.13. The van der Waals surface area contributed by atoms with Crippen LogP contribution in [0.3, 0.4) is 0 Å². The average Bonchev–Trinajstić information content (AvgIpc) is 3.24. The second-order valence-corrected chi connectivity index (χ2v) is 10.1. The third-order valence-corrected chi connectivity index (χ3v) is 7.39. The lowest BCUT2D eigenvalue weighted by atomic mass is 10.2. The van der Waals surface area contributed by atoms with Gasteiger partial charge in [-0.1, -0.05) is 0 Å². The maximum Gasteiger partial charge on any atom is 0.330 e. The highest BCUT2D eigenvalue weighted by molar-refractivity contribution is 7.44. The number of rotatable bonds is 13. The molecule has 2 heterocycles. The van der Waals surface area contributed by atoms with Crippen LogP contribution in [0.5, 0.6) is 0 Å². The van der Waals surface area contributed by atoms with Gasteiger partial charge in [0.05, 0.1) is 36.9 Å². The summed E-state index contributed by atoms with van der Waals surface area (Å²) in [7, 11) is -1.57. The Balaban J connectivity index is 2.28. The fraction of sp³-hybridized carbons (Fsp3) is 0.652. The van der Waals surface area contributed by atoms with E-state index in [4.69, 9.17) is 26.2 Å². The van der Waals surface area contributed by atoms with Gasteiger partial charge in [0.2, 0.25) is 5.91 Å². The predicted octanol–water partition coefficient (Wildman–Crippen LogP) is 1.59. The Morgan fingerprint density at radius 2 is 2.19 bits per heavy atom. The first-order valence-corrected chi connectivity index (χ1v) is 13.0. The highest BCUT2D eigenvalue weighted by Crippen LogP contribution is 2.49. The molecule has 12 nitrogen and oxygen atoms in total. The summed E-state index contributed by atoms with van der Waals surface area (Å²) >= 11 is 0. The maximum atomic E-state index is 12.6. The van der Waals surface area contributed by atoms with Gasteiger partial charge in [0.15, 0.2) is 0 Å². The van der Waals surface area contributed by atoms with E-state index in [1.54, 1.807) is 0 Å². The Morgan fingerprint density at radius 1 is 1.47 bits per heavy atom. The Morgan fingerprint density at radius 3 is 2.81 bits per heavy atom. The molecular weight excluding hydrogens is 487 g/mol. The molecule has 1 aliphatic heterocycles. The maximum absolute atomic E-state index is 12.6. The molecule has 36 heavy (non-hydrogen) atoms. The number of H-pyrrole nitrogens is 1. The zero-order chi connectivity index (χ0) is 27.5. The number of carbonyl (C=O) groups is 1. The van der Waals surface area contributed by atoms with Crippen LogP contribution in [0.15, 0.2) is 21.9 Å². The molecule has 1 fully saturated rings. The third-order valence-electron chi connectivity index (χ3n) is 5.23. The van der Waals surface area contributed by atoms with Gasteiger partial charge in [-0.05, 0) is 40.7 Å². The van der Waals surface area contributed by atoms with Crippen molar-refractivity contribution in [3.05, 3.63) is 38.7 Å². The first-order chi connectivity index (χ1) is 17.6. The second kappa shape index (κ2) is 14.4. The van der Waals surface area contributed by atoms with Crippen LogP contribution in [0.25, 0.3) is 6.08 Å². The monoisotopic (exact) mass is 525 g/mol. The van der Waals surface area contributed by atoms with E-state index >= 15 is 0 Å². The number of nitrogens with one attached hydrogen (secondary N) is 2. The Bertz CT molecular complexity index is 1060. The van der Waals surface area contributed by atoms with Gasteiger partial charge in [-0.2, -0.15) is 5.26 Å². The minimum atomic E-state index is -1.57. The zero-order valence-corrected chi connectivity index (χ0v) is 22.1. The number of amides is 1. The largest absolute Gasteiger partial charge is 0.352 e. The van der Waals surface area contributed by atoms with E-state index in [0.717, 1.165) is 0 Å². The molecule has 13 heteroatoms. The van der Waals surface area contributed by atoms with Crippen molar-refractivity contribution in [2.24, 2.45) is 5.73 Å². The number of nitrogens with two attached hydrogens (primary N) is 1. The molecule has 4 atom stereocenters. The summed E-state index contributed by atoms with van der Waals surface area (Å²) in [4.78, 5) is 39.0. The lowest BCUT2D eigenvalue weighted by molar-refractivity contribution is -0.116. The molecule has 2 rings (SSSR count). The lowest BCUT2D eigenvalue weighted by Crippen LogP contribution is -2.35. The molecule has 0 aromatic carbocycles. The van der Waals surface area contributed by atoms with Crippen molar-refractivity contribution in [1.29, 1.82) is 5.26 Å². The van der Waals surface area contributed by atoms with E-state index in [-0.39, 0.29) is 50.5 Å². The number of aromatic amines is 1. The van der Waals surface area contributed by atoms with E-state index in [1.807, 2.05) is 27.7 Å². The van der Waals surface area contributed by atoms with Crippen molar-refractivity contribution in [2.45, 2.75) is 78.0 Å². The van der Waals surface area contributed by atoms with Gasteiger partial charge in [-0.3, -0.25) is 19.1 Å². The van der Waals surface area contributed by atoms with E-state index in [2.05, 4.69) is 21.0 Å². The minimum absolute atomic E-state index is 0.0887. The molecule has 1 aromatic rings. The molecule has 0 radical (unpaired) electrons. The molecule has 0 saturated carbocycles. The molecule has 1 aliphatic rings. The standard InChI is InChI=1S/C23H37N6O6P/c1-15(2)29(16(3)4)36(33-12-6-9-24)35-19-13-21(34-17(19)5)28-14-18(22(31)27-23(28)32)7-8-20(30)26-11-10-25/h7-8,14-17,19,21H,6,10-13,25H2,1-5H3,(H,26,30)(H,27,31,32)/b8-7+/t17-,19?,21-,36?/m1/s1/i5D. The number of hydrogen-bond donors (Lipinski definition) is 3. The van der Waals surface area contributed by atoms with Crippen molar-refractivity contribution in [3.8, 4) is 6.07 Å². The van der Waals surface area contributed by atoms with E-state index in [1.165, 1.54) is 22.9 Å². The normalized spacial score (nSPS) is 21.3. The van der Waals surface area contributed by atoms with Crippen molar-refractivity contribution in [1.82, 2.24) is 19.5 Å². The summed E-state index contributed by atoms with van der Waals surface area (Å²) in [5.74, 6) is -0.424. The van der Waals surface area contributed by atoms with Crippen LogP contribution >= 0.6 is 8.53 Å². The van der Waals surface area contributed by atoms with E-state index < -0.39 is 44.1 Å². The number of aromatic nitrogens is 2. The quantitative estimate of drug-likeness (QED) is 0.197. The van der Waals surface area contributed by atoms with Crippen LogP contribution in [0, 0.1) is 11.3 Å². The predicted molar refractivity (Wildman–Crippen MR) is 137 cm³/mol. The molecule has 4 N–H and O–H groups in total. The lowest BCUT2D eigenvalue weighted by Gasteiger charge is -2.37. The summed E-state index contributed by atoms with van der Waals surface area (Å²) < 4.78 is 29.6. The summed E-state index contributed by atoms with van der Waals surface area (Å²) in [6.07, 6.45) is 2.25.